The molecule has 1 aromatic heterocycles. The van der Waals surface area contributed by atoms with Gasteiger partial charge in [0.1, 0.15) is 5.76 Å². The zero-order chi connectivity index (χ0) is 19.4. The molecule has 2 aliphatic carbocycles. The molecule has 0 saturated heterocycles. The van der Waals surface area contributed by atoms with Crippen molar-refractivity contribution in [1.82, 2.24) is 15.4 Å². The standard InChI is InChI=1S/C21H33N3O3/c1-21(2,3)18-14-17(23-27-18)19(25)24(16-12-8-5-9-13-16)20(26)22-15-10-6-4-7-11-15/h14-16H,4-13H2,1-3H3,(H,22,26). The van der Waals surface area contributed by atoms with Crippen LogP contribution in [-0.4, -0.2) is 34.1 Å². The van der Waals surface area contributed by atoms with Crippen molar-refractivity contribution in [3.63, 3.8) is 0 Å². The molecule has 0 radical (unpaired) electrons. The third-order valence-corrected chi connectivity index (χ3v) is 5.78. The second-order valence-electron chi connectivity index (χ2n) is 9.08. The van der Waals surface area contributed by atoms with Gasteiger partial charge in [-0.1, -0.05) is 64.5 Å². The van der Waals surface area contributed by atoms with Gasteiger partial charge in [-0.05, 0) is 25.7 Å². The lowest BCUT2D eigenvalue weighted by Crippen LogP contribution is -2.53. The van der Waals surface area contributed by atoms with E-state index in [2.05, 4.69) is 10.5 Å². The molecule has 6 heteroatoms. The van der Waals surface area contributed by atoms with Crippen molar-refractivity contribution < 1.29 is 14.1 Å². The lowest BCUT2D eigenvalue weighted by atomic mass is 9.92. The Balaban J connectivity index is 1.79. The number of imide groups is 1. The third-order valence-electron chi connectivity index (χ3n) is 5.78. The van der Waals surface area contributed by atoms with E-state index in [4.69, 9.17) is 4.52 Å². The number of aromatic nitrogens is 1. The molecule has 2 saturated carbocycles. The Bertz CT molecular complexity index is 650. The molecule has 6 nitrogen and oxygen atoms in total. The molecule has 1 heterocycles. The van der Waals surface area contributed by atoms with Gasteiger partial charge in [-0.25, -0.2) is 4.79 Å². The lowest BCUT2D eigenvalue weighted by Gasteiger charge is -2.34. The SMILES string of the molecule is CC(C)(C)c1cc(C(=O)N(C(=O)NC2CCCCC2)C2CCCCC2)no1. The van der Waals surface area contributed by atoms with Crippen LogP contribution >= 0.6 is 0 Å². The summed E-state index contributed by atoms with van der Waals surface area (Å²) in [5.41, 5.74) is -0.00440. The molecule has 0 aliphatic heterocycles. The first-order chi connectivity index (χ1) is 12.9. The van der Waals surface area contributed by atoms with Crippen molar-refractivity contribution in [2.75, 3.05) is 0 Å². The highest BCUT2D eigenvalue weighted by atomic mass is 16.5. The fourth-order valence-electron chi connectivity index (χ4n) is 4.11. The van der Waals surface area contributed by atoms with Crippen molar-refractivity contribution in [3.8, 4) is 0 Å². The first-order valence-corrected chi connectivity index (χ1v) is 10.5. The Morgan fingerprint density at radius 2 is 1.63 bits per heavy atom. The second-order valence-corrected chi connectivity index (χ2v) is 9.08. The Kier molecular flexibility index (Phi) is 6.22. The molecule has 0 atom stereocenters. The summed E-state index contributed by atoms with van der Waals surface area (Å²) in [5.74, 6) is 0.316. The average molecular weight is 376 g/mol. The first kappa shape index (κ1) is 19.9. The molecule has 1 N–H and O–H groups in total. The molecule has 1 aromatic rings. The topological polar surface area (TPSA) is 75.4 Å². The quantitative estimate of drug-likeness (QED) is 0.824. The van der Waals surface area contributed by atoms with E-state index in [0.717, 1.165) is 51.4 Å². The highest BCUT2D eigenvalue weighted by Gasteiger charge is 2.35. The molecule has 3 rings (SSSR count). The first-order valence-electron chi connectivity index (χ1n) is 10.5. The van der Waals surface area contributed by atoms with Gasteiger partial charge in [-0.3, -0.25) is 9.69 Å². The number of nitrogens with zero attached hydrogens (tertiary/aromatic N) is 2. The summed E-state index contributed by atoms with van der Waals surface area (Å²) in [6.07, 6.45) is 10.5. The summed E-state index contributed by atoms with van der Waals surface area (Å²) in [6, 6.07) is 1.54. The van der Waals surface area contributed by atoms with Crippen LogP contribution in [0.3, 0.4) is 0 Å². The minimum absolute atomic E-state index is 0.0513. The molecular weight excluding hydrogens is 342 g/mol. The van der Waals surface area contributed by atoms with Gasteiger partial charge in [-0.15, -0.1) is 0 Å². The van der Waals surface area contributed by atoms with E-state index in [9.17, 15) is 9.59 Å². The monoisotopic (exact) mass is 375 g/mol. The van der Waals surface area contributed by atoms with Crippen LogP contribution in [0.4, 0.5) is 4.79 Å². The fraction of sp³-hybridized carbons (Fsp3) is 0.762. The predicted octanol–water partition coefficient (Wildman–Crippen LogP) is 4.79. The Morgan fingerprint density at radius 3 is 2.19 bits per heavy atom. The summed E-state index contributed by atoms with van der Waals surface area (Å²) < 4.78 is 5.39. The minimum atomic E-state index is -0.338. The normalized spacial score (nSPS) is 19.7. The molecule has 2 aliphatic rings. The van der Waals surface area contributed by atoms with E-state index in [0.29, 0.717) is 5.76 Å². The molecule has 0 bridgehead atoms. The maximum atomic E-state index is 13.2. The van der Waals surface area contributed by atoms with Gasteiger partial charge in [0.2, 0.25) is 0 Å². The van der Waals surface area contributed by atoms with Gasteiger partial charge >= 0.3 is 6.03 Å². The highest BCUT2D eigenvalue weighted by Crippen LogP contribution is 2.27. The summed E-state index contributed by atoms with van der Waals surface area (Å²) in [4.78, 5) is 27.7. The summed E-state index contributed by atoms with van der Waals surface area (Å²) in [6.45, 7) is 6.03. The number of hydrogen-bond acceptors (Lipinski definition) is 4. The van der Waals surface area contributed by atoms with Crippen molar-refractivity contribution in [2.45, 2.75) is 102 Å². The largest absolute Gasteiger partial charge is 0.360 e. The number of urea groups is 1. The van der Waals surface area contributed by atoms with Crippen LogP contribution in [-0.2, 0) is 5.41 Å². The van der Waals surface area contributed by atoms with E-state index in [1.807, 2.05) is 20.8 Å². The van der Waals surface area contributed by atoms with Crippen LogP contribution in [0.5, 0.6) is 0 Å². The number of carbonyl (C=O) groups excluding carboxylic acids is 2. The highest BCUT2D eigenvalue weighted by molar-refractivity contribution is 6.03. The summed E-state index contributed by atoms with van der Waals surface area (Å²) >= 11 is 0. The van der Waals surface area contributed by atoms with Gasteiger partial charge in [0.15, 0.2) is 5.69 Å². The molecule has 150 valence electrons. The van der Waals surface area contributed by atoms with Crippen LogP contribution in [0.2, 0.25) is 0 Å². The van der Waals surface area contributed by atoms with E-state index < -0.39 is 0 Å². The average Bonchev–Trinajstić information content (AvgIpc) is 3.14. The summed E-state index contributed by atoms with van der Waals surface area (Å²) in [5, 5.41) is 7.09. The van der Waals surface area contributed by atoms with Crippen molar-refractivity contribution in [3.05, 3.63) is 17.5 Å². The van der Waals surface area contributed by atoms with Gasteiger partial charge in [0, 0.05) is 23.6 Å². The molecule has 27 heavy (non-hydrogen) atoms. The lowest BCUT2D eigenvalue weighted by molar-refractivity contribution is 0.0691. The molecule has 0 unspecified atom stereocenters. The summed E-state index contributed by atoms with van der Waals surface area (Å²) in [7, 11) is 0. The van der Waals surface area contributed by atoms with Crippen molar-refractivity contribution in [1.29, 1.82) is 0 Å². The Morgan fingerprint density at radius 1 is 1.04 bits per heavy atom. The molecule has 0 spiro atoms. The Labute approximate surface area is 162 Å². The maximum absolute atomic E-state index is 13.2. The van der Waals surface area contributed by atoms with Crippen LogP contribution in [0.1, 0.15) is 101 Å². The smallest absolute Gasteiger partial charge is 0.324 e. The van der Waals surface area contributed by atoms with E-state index in [1.165, 1.54) is 17.7 Å². The van der Waals surface area contributed by atoms with Gasteiger partial charge in [0.25, 0.3) is 5.91 Å². The minimum Gasteiger partial charge on any atom is -0.360 e. The zero-order valence-corrected chi connectivity index (χ0v) is 16.9. The van der Waals surface area contributed by atoms with Crippen LogP contribution in [0.15, 0.2) is 10.6 Å². The van der Waals surface area contributed by atoms with Gasteiger partial charge < -0.3 is 9.84 Å². The zero-order valence-electron chi connectivity index (χ0n) is 16.9. The maximum Gasteiger partial charge on any atom is 0.324 e. The molecule has 2 fully saturated rings. The van der Waals surface area contributed by atoms with E-state index in [1.54, 1.807) is 6.07 Å². The fourth-order valence-corrected chi connectivity index (χ4v) is 4.11. The predicted molar refractivity (Wildman–Crippen MR) is 104 cm³/mol. The second kappa shape index (κ2) is 8.44. The molecule has 0 aromatic carbocycles. The molecular formula is C21H33N3O3. The third kappa shape index (κ3) is 4.90. The molecule has 3 amide bonds. The van der Waals surface area contributed by atoms with Gasteiger partial charge in [-0.2, -0.15) is 0 Å². The number of hydrogen-bond donors (Lipinski definition) is 1. The van der Waals surface area contributed by atoms with Crippen molar-refractivity contribution in [2.24, 2.45) is 0 Å². The van der Waals surface area contributed by atoms with Gasteiger partial charge in [0.05, 0.1) is 0 Å². The van der Waals surface area contributed by atoms with Crippen LogP contribution < -0.4 is 5.32 Å². The number of rotatable bonds is 3. The van der Waals surface area contributed by atoms with Crippen LogP contribution in [0, 0.1) is 0 Å². The van der Waals surface area contributed by atoms with E-state index in [-0.39, 0.29) is 35.1 Å². The van der Waals surface area contributed by atoms with E-state index >= 15 is 0 Å². The van der Waals surface area contributed by atoms with Crippen molar-refractivity contribution >= 4 is 11.9 Å². The number of carbonyl (C=O) groups is 2. The Hall–Kier alpha value is -1.85. The van der Waals surface area contributed by atoms with Crippen LogP contribution in [0.25, 0.3) is 0 Å². The number of amides is 3. The number of nitrogens with one attached hydrogen (secondary N) is 1.